The largest absolute Gasteiger partial charge is 0.483 e. The number of hydrogen-bond acceptors (Lipinski definition) is 4. The molecular formula is C25H19ClFN3O3. The Bertz CT molecular complexity index is 1270. The normalized spacial score (nSPS) is 10.8. The minimum Gasteiger partial charge on any atom is -0.483 e. The number of nitrogens with one attached hydrogen (secondary N) is 2. The van der Waals surface area contributed by atoms with Crippen LogP contribution in [-0.4, -0.2) is 18.4 Å². The smallest absolute Gasteiger partial charge is 0.266 e. The quantitative estimate of drug-likeness (QED) is 0.365. The Balaban J connectivity index is 1.76. The van der Waals surface area contributed by atoms with Crippen LogP contribution >= 0.6 is 11.6 Å². The third-order valence-electron chi connectivity index (χ3n) is 4.54. The van der Waals surface area contributed by atoms with Gasteiger partial charge in [-0.05, 0) is 55.0 Å². The van der Waals surface area contributed by atoms with Crippen molar-refractivity contribution in [2.45, 2.75) is 6.92 Å². The van der Waals surface area contributed by atoms with Gasteiger partial charge in [-0.15, -0.1) is 0 Å². The lowest BCUT2D eigenvalue weighted by Crippen LogP contribution is -2.21. The number of amides is 2. The molecule has 8 heteroatoms. The molecule has 0 saturated heterocycles. The monoisotopic (exact) mass is 463 g/mol. The van der Waals surface area contributed by atoms with Gasteiger partial charge in [-0.2, -0.15) is 5.26 Å². The first-order chi connectivity index (χ1) is 15.9. The van der Waals surface area contributed by atoms with Crippen LogP contribution in [0.1, 0.15) is 11.1 Å². The summed E-state index contributed by atoms with van der Waals surface area (Å²) in [6, 6.07) is 19.4. The van der Waals surface area contributed by atoms with Gasteiger partial charge < -0.3 is 15.4 Å². The van der Waals surface area contributed by atoms with Crippen LogP contribution in [-0.2, 0) is 9.59 Å². The zero-order valence-electron chi connectivity index (χ0n) is 17.6. The Morgan fingerprint density at radius 3 is 2.45 bits per heavy atom. The van der Waals surface area contributed by atoms with E-state index in [9.17, 15) is 19.2 Å². The standard InChI is InChI=1S/C25H19ClFN3O3/c1-16-6-2-4-8-21(16)30-25(32)18(14-28)12-17-13-19(26)10-11-23(17)33-15-24(31)29-22-9-5-3-7-20(22)27/h2-13H,15H2,1H3,(H,29,31)(H,30,32). The summed E-state index contributed by atoms with van der Waals surface area (Å²) < 4.78 is 19.3. The first kappa shape index (κ1) is 23.5. The van der Waals surface area contributed by atoms with Crippen LogP contribution in [0.3, 0.4) is 0 Å². The van der Waals surface area contributed by atoms with Gasteiger partial charge in [0.2, 0.25) is 0 Å². The molecule has 6 nitrogen and oxygen atoms in total. The first-order valence-corrected chi connectivity index (χ1v) is 10.2. The Morgan fingerprint density at radius 2 is 1.76 bits per heavy atom. The molecule has 2 amide bonds. The van der Waals surface area contributed by atoms with E-state index < -0.39 is 24.2 Å². The molecular weight excluding hydrogens is 445 g/mol. The van der Waals surface area contributed by atoms with Crippen LogP contribution in [0.15, 0.2) is 72.3 Å². The minimum absolute atomic E-state index is 0.0296. The van der Waals surface area contributed by atoms with E-state index in [-0.39, 0.29) is 17.0 Å². The van der Waals surface area contributed by atoms with Crippen LogP contribution in [0, 0.1) is 24.1 Å². The highest BCUT2D eigenvalue weighted by Crippen LogP contribution is 2.26. The van der Waals surface area contributed by atoms with Gasteiger partial charge in [-0.25, -0.2) is 4.39 Å². The lowest BCUT2D eigenvalue weighted by atomic mass is 10.1. The summed E-state index contributed by atoms with van der Waals surface area (Å²) in [4.78, 5) is 24.8. The zero-order valence-corrected chi connectivity index (χ0v) is 18.3. The van der Waals surface area contributed by atoms with Gasteiger partial charge in [0.1, 0.15) is 23.2 Å². The van der Waals surface area contributed by atoms with E-state index in [1.54, 1.807) is 24.3 Å². The molecule has 3 aromatic carbocycles. The Kier molecular flexibility index (Phi) is 7.79. The summed E-state index contributed by atoms with van der Waals surface area (Å²) in [6.45, 7) is 1.41. The van der Waals surface area contributed by atoms with E-state index in [0.717, 1.165) is 5.56 Å². The Hall–Kier alpha value is -4.15. The van der Waals surface area contributed by atoms with E-state index in [1.807, 2.05) is 25.1 Å². The second-order valence-electron chi connectivity index (χ2n) is 6.94. The number of rotatable bonds is 7. The average molecular weight is 464 g/mol. The Labute approximate surface area is 195 Å². The highest BCUT2D eigenvalue weighted by atomic mass is 35.5. The zero-order chi connectivity index (χ0) is 23.8. The summed E-state index contributed by atoms with van der Waals surface area (Å²) in [5, 5.41) is 15.0. The van der Waals surface area contributed by atoms with Crippen molar-refractivity contribution in [1.82, 2.24) is 0 Å². The number of para-hydroxylation sites is 2. The fourth-order valence-corrected chi connectivity index (χ4v) is 3.04. The molecule has 0 aromatic heterocycles. The average Bonchev–Trinajstić information content (AvgIpc) is 2.79. The first-order valence-electron chi connectivity index (χ1n) is 9.83. The van der Waals surface area contributed by atoms with Crippen molar-refractivity contribution in [3.63, 3.8) is 0 Å². The number of carbonyl (C=O) groups excluding carboxylic acids is 2. The molecule has 166 valence electrons. The van der Waals surface area contributed by atoms with Crippen molar-refractivity contribution in [2.24, 2.45) is 0 Å². The van der Waals surface area contributed by atoms with Crippen molar-refractivity contribution in [3.05, 3.63) is 94.3 Å². The number of carbonyl (C=O) groups is 2. The molecule has 0 unspecified atom stereocenters. The molecule has 0 fully saturated rings. The number of halogens is 2. The Morgan fingerprint density at radius 1 is 1.06 bits per heavy atom. The van der Waals surface area contributed by atoms with Crippen LogP contribution in [0.25, 0.3) is 6.08 Å². The van der Waals surface area contributed by atoms with Crippen molar-refractivity contribution in [1.29, 1.82) is 5.26 Å². The molecule has 33 heavy (non-hydrogen) atoms. The van der Waals surface area contributed by atoms with Gasteiger partial charge in [0.25, 0.3) is 11.8 Å². The topological polar surface area (TPSA) is 91.2 Å². The lowest BCUT2D eigenvalue weighted by molar-refractivity contribution is -0.118. The minimum atomic E-state index is -0.602. The predicted molar refractivity (Wildman–Crippen MR) is 125 cm³/mol. The van der Waals surface area contributed by atoms with E-state index in [4.69, 9.17) is 16.3 Å². The maximum absolute atomic E-state index is 13.7. The maximum Gasteiger partial charge on any atom is 0.266 e. The van der Waals surface area contributed by atoms with Crippen LogP contribution in [0.5, 0.6) is 5.75 Å². The molecule has 0 aliphatic rings. The summed E-state index contributed by atoms with van der Waals surface area (Å²) >= 11 is 6.07. The number of anilines is 2. The second kappa shape index (κ2) is 10.9. The molecule has 0 radical (unpaired) electrons. The second-order valence-corrected chi connectivity index (χ2v) is 7.37. The third-order valence-corrected chi connectivity index (χ3v) is 4.77. The SMILES string of the molecule is Cc1ccccc1NC(=O)C(C#N)=Cc1cc(Cl)ccc1OCC(=O)Nc1ccccc1F. The molecule has 3 aromatic rings. The summed E-state index contributed by atoms with van der Waals surface area (Å²) in [5.74, 6) is -1.53. The summed E-state index contributed by atoms with van der Waals surface area (Å²) in [7, 11) is 0. The van der Waals surface area contributed by atoms with Crippen LogP contribution in [0.4, 0.5) is 15.8 Å². The fourth-order valence-electron chi connectivity index (χ4n) is 2.86. The highest BCUT2D eigenvalue weighted by molar-refractivity contribution is 6.30. The molecule has 0 bridgehead atoms. The molecule has 0 saturated carbocycles. The van der Waals surface area contributed by atoms with Crippen molar-refractivity contribution in [2.75, 3.05) is 17.2 Å². The van der Waals surface area contributed by atoms with E-state index in [1.165, 1.54) is 36.4 Å². The highest BCUT2D eigenvalue weighted by Gasteiger charge is 2.14. The van der Waals surface area contributed by atoms with Gasteiger partial charge in [0.05, 0.1) is 5.69 Å². The molecule has 3 rings (SSSR count). The third kappa shape index (κ3) is 6.42. The molecule has 0 heterocycles. The maximum atomic E-state index is 13.7. The predicted octanol–water partition coefficient (Wildman–Crippen LogP) is 5.35. The number of nitriles is 1. The van der Waals surface area contributed by atoms with Gasteiger partial charge in [-0.3, -0.25) is 9.59 Å². The van der Waals surface area contributed by atoms with E-state index in [0.29, 0.717) is 16.3 Å². The van der Waals surface area contributed by atoms with Gasteiger partial charge in [-0.1, -0.05) is 41.9 Å². The van der Waals surface area contributed by atoms with Crippen molar-refractivity contribution in [3.8, 4) is 11.8 Å². The molecule has 0 spiro atoms. The molecule has 0 aliphatic heterocycles. The van der Waals surface area contributed by atoms with Crippen LogP contribution in [0.2, 0.25) is 5.02 Å². The van der Waals surface area contributed by atoms with Crippen molar-refractivity contribution < 1.29 is 18.7 Å². The summed E-state index contributed by atoms with van der Waals surface area (Å²) in [6.07, 6.45) is 1.32. The van der Waals surface area contributed by atoms with Gasteiger partial charge in [0.15, 0.2) is 6.61 Å². The number of nitrogens with zero attached hydrogens (tertiary/aromatic N) is 1. The number of benzene rings is 3. The van der Waals surface area contributed by atoms with Crippen molar-refractivity contribution >= 4 is 40.9 Å². The molecule has 0 atom stereocenters. The number of hydrogen-bond donors (Lipinski definition) is 2. The van der Waals surface area contributed by atoms with Crippen LogP contribution < -0.4 is 15.4 Å². The van der Waals surface area contributed by atoms with Gasteiger partial charge >= 0.3 is 0 Å². The van der Waals surface area contributed by atoms with E-state index >= 15 is 0 Å². The molecule has 0 aliphatic carbocycles. The fraction of sp³-hybridized carbons (Fsp3) is 0.0800. The number of ether oxygens (including phenoxy) is 1. The molecule has 2 N–H and O–H groups in total. The van der Waals surface area contributed by atoms with Gasteiger partial charge in [0, 0.05) is 16.3 Å². The van der Waals surface area contributed by atoms with E-state index in [2.05, 4.69) is 10.6 Å². The summed E-state index contributed by atoms with van der Waals surface area (Å²) in [5.41, 5.74) is 1.60. The lowest BCUT2D eigenvalue weighted by Gasteiger charge is -2.11. The number of aryl methyl sites for hydroxylation is 1.